The minimum absolute atomic E-state index is 0.0788. The number of rotatable bonds is 7. The maximum Gasteiger partial charge on any atom is 0.306 e. The first-order valence-electron chi connectivity index (χ1n) is 13.5. The minimum Gasteiger partial charge on any atom is -0.458 e. The second kappa shape index (κ2) is 9.64. The lowest BCUT2D eigenvalue weighted by Gasteiger charge is -2.64. The molecule has 0 bridgehead atoms. The van der Waals surface area contributed by atoms with Crippen molar-refractivity contribution in [3.63, 3.8) is 0 Å². The molecule has 0 heterocycles. The summed E-state index contributed by atoms with van der Waals surface area (Å²) in [5.74, 6) is -2.27. The van der Waals surface area contributed by atoms with Crippen molar-refractivity contribution in [1.29, 1.82) is 0 Å². The maximum atomic E-state index is 13.9. The molecule has 4 aliphatic carbocycles. The number of carbonyl (C=O) groups is 4. The van der Waals surface area contributed by atoms with E-state index >= 15 is 0 Å². The summed E-state index contributed by atoms with van der Waals surface area (Å²) in [6.07, 6.45) is 7.60. The van der Waals surface area contributed by atoms with E-state index in [1.807, 2.05) is 33.8 Å². The third-order valence-electron chi connectivity index (χ3n) is 10.0. The van der Waals surface area contributed by atoms with Crippen LogP contribution in [0.2, 0.25) is 0 Å². The van der Waals surface area contributed by atoms with Crippen LogP contribution in [0.4, 0.5) is 0 Å². The van der Waals surface area contributed by atoms with Gasteiger partial charge in [0.05, 0.1) is 11.0 Å². The predicted octanol–water partition coefficient (Wildman–Crippen LogP) is 4.48. The van der Waals surface area contributed by atoms with Crippen molar-refractivity contribution >= 4 is 35.1 Å². The van der Waals surface area contributed by atoms with Gasteiger partial charge in [0.2, 0.25) is 5.78 Å². The van der Waals surface area contributed by atoms with Gasteiger partial charge in [-0.15, -0.1) is 11.6 Å². The molecule has 0 aliphatic heterocycles. The summed E-state index contributed by atoms with van der Waals surface area (Å²) in [5, 5.41) is 11.8. The topological polar surface area (TPSA) is 107 Å². The average Bonchev–Trinajstić information content (AvgIpc) is 3.04. The molecule has 37 heavy (non-hydrogen) atoms. The standard InChI is InChI=1S/C29H39ClO7/c1-6-7-8-25(35)37-29(24(34)16-36-18(3)31)17(2)13-22-21-10-9-19-14-20(32)11-12-26(19,4)28(21,30)23(33)15-27(22,29)5/h11-12,14,17,21-23,33H,6-10,13,15-16H2,1-5H3/t17-,21-,22-,23-,26-,27-,28-,29-/m0/s1. The normalized spacial score (nSPS) is 42.2. The highest BCUT2D eigenvalue weighted by Gasteiger charge is 2.76. The fourth-order valence-electron chi connectivity index (χ4n) is 8.22. The highest BCUT2D eigenvalue weighted by Crippen LogP contribution is 2.72. The molecular formula is C29H39ClO7. The maximum absolute atomic E-state index is 13.9. The van der Waals surface area contributed by atoms with E-state index in [-0.39, 0.29) is 36.4 Å². The first kappa shape index (κ1) is 28.0. The molecule has 0 saturated heterocycles. The number of Topliss-reactive ketones (excluding diaryl/α,β-unsaturated/α-hetero) is 1. The second-order valence-corrected chi connectivity index (χ2v) is 12.5. The van der Waals surface area contributed by atoms with Crippen LogP contribution in [-0.4, -0.2) is 51.8 Å². The monoisotopic (exact) mass is 534 g/mol. The van der Waals surface area contributed by atoms with E-state index in [0.29, 0.717) is 25.7 Å². The van der Waals surface area contributed by atoms with Crippen molar-refractivity contribution in [1.82, 2.24) is 0 Å². The van der Waals surface area contributed by atoms with Crippen LogP contribution in [0.5, 0.6) is 0 Å². The van der Waals surface area contributed by atoms with Gasteiger partial charge in [-0.25, -0.2) is 0 Å². The van der Waals surface area contributed by atoms with Crippen LogP contribution in [0.15, 0.2) is 23.8 Å². The molecule has 204 valence electrons. The SMILES string of the molecule is CCCCC(=O)O[C@]1(C(=O)COC(C)=O)[C@@H](C)C[C@H]2[C@@H]3CCC4=CC(=O)C=C[C@]4(C)[C@@]3(Cl)[C@@H](O)C[C@@]21C. The molecule has 1 N–H and O–H groups in total. The number of unbranched alkanes of at least 4 members (excludes halogenated alkanes) is 1. The molecule has 8 atom stereocenters. The third-order valence-corrected chi connectivity index (χ3v) is 10.9. The number of hydrogen-bond acceptors (Lipinski definition) is 7. The van der Waals surface area contributed by atoms with Crippen molar-refractivity contribution in [2.45, 2.75) is 96.1 Å². The Balaban J connectivity index is 1.79. The number of aliphatic hydroxyl groups excluding tert-OH is 1. The van der Waals surface area contributed by atoms with Gasteiger partial charge in [-0.3, -0.25) is 19.2 Å². The fourth-order valence-corrected chi connectivity index (χ4v) is 8.75. The largest absolute Gasteiger partial charge is 0.458 e. The molecule has 0 aromatic rings. The van der Waals surface area contributed by atoms with Crippen molar-refractivity contribution in [2.75, 3.05) is 6.61 Å². The van der Waals surface area contributed by atoms with E-state index in [1.165, 1.54) is 13.0 Å². The summed E-state index contributed by atoms with van der Waals surface area (Å²) in [6.45, 7) is 8.52. The van der Waals surface area contributed by atoms with Gasteiger partial charge in [0.25, 0.3) is 0 Å². The van der Waals surface area contributed by atoms with E-state index in [1.54, 1.807) is 6.08 Å². The molecule has 4 rings (SSSR count). The minimum atomic E-state index is -1.55. The molecule has 0 unspecified atom stereocenters. The van der Waals surface area contributed by atoms with Gasteiger partial charge in [0.1, 0.15) is 0 Å². The number of ether oxygens (including phenoxy) is 2. The Morgan fingerprint density at radius 2 is 1.92 bits per heavy atom. The van der Waals surface area contributed by atoms with Gasteiger partial charge in [0, 0.05) is 30.1 Å². The first-order chi connectivity index (χ1) is 17.3. The highest BCUT2D eigenvalue weighted by molar-refractivity contribution is 6.26. The number of aliphatic hydroxyl groups is 1. The van der Waals surface area contributed by atoms with Crippen molar-refractivity contribution in [3.05, 3.63) is 23.8 Å². The lowest BCUT2D eigenvalue weighted by Crippen LogP contribution is -2.69. The third kappa shape index (κ3) is 3.94. The number of carbonyl (C=O) groups excluding carboxylic acids is 4. The van der Waals surface area contributed by atoms with Crippen molar-refractivity contribution in [3.8, 4) is 0 Å². The molecule has 7 nitrogen and oxygen atoms in total. The average molecular weight is 535 g/mol. The Labute approximate surface area is 224 Å². The zero-order valence-electron chi connectivity index (χ0n) is 22.5. The summed E-state index contributed by atoms with van der Waals surface area (Å²) in [7, 11) is 0. The van der Waals surface area contributed by atoms with E-state index in [2.05, 4.69) is 0 Å². The van der Waals surface area contributed by atoms with Crippen LogP contribution in [0.1, 0.15) is 79.6 Å². The molecule has 0 radical (unpaired) electrons. The number of fused-ring (bicyclic) bond motifs is 5. The zero-order chi connectivity index (χ0) is 27.4. The van der Waals surface area contributed by atoms with Crippen LogP contribution < -0.4 is 0 Å². The lowest BCUT2D eigenvalue weighted by molar-refractivity contribution is -0.203. The van der Waals surface area contributed by atoms with Gasteiger partial charge in [-0.05, 0) is 56.1 Å². The molecule has 3 fully saturated rings. The smallest absolute Gasteiger partial charge is 0.306 e. The molecule has 0 aromatic heterocycles. The van der Waals surface area contributed by atoms with Gasteiger partial charge in [0.15, 0.2) is 18.0 Å². The number of hydrogen-bond donors (Lipinski definition) is 1. The van der Waals surface area contributed by atoms with Gasteiger partial charge >= 0.3 is 11.9 Å². The van der Waals surface area contributed by atoms with Gasteiger partial charge in [-0.1, -0.05) is 45.8 Å². The number of halogens is 1. The van der Waals surface area contributed by atoms with Gasteiger partial charge in [-0.2, -0.15) is 0 Å². The Morgan fingerprint density at radius 3 is 2.57 bits per heavy atom. The number of allylic oxidation sites excluding steroid dienone is 4. The first-order valence-corrected chi connectivity index (χ1v) is 13.9. The van der Waals surface area contributed by atoms with Gasteiger partial charge < -0.3 is 14.6 Å². The highest BCUT2D eigenvalue weighted by atomic mass is 35.5. The quantitative estimate of drug-likeness (QED) is 0.379. The Bertz CT molecular complexity index is 1060. The van der Waals surface area contributed by atoms with E-state index < -0.39 is 51.7 Å². The van der Waals surface area contributed by atoms with E-state index in [0.717, 1.165) is 12.0 Å². The molecular weight excluding hydrogens is 496 g/mol. The number of alkyl halides is 1. The summed E-state index contributed by atoms with van der Waals surface area (Å²) >= 11 is 7.50. The fraction of sp³-hybridized carbons (Fsp3) is 0.724. The Hall–Kier alpha value is -1.99. The summed E-state index contributed by atoms with van der Waals surface area (Å²) in [4.78, 5) is 49.6. The zero-order valence-corrected chi connectivity index (χ0v) is 23.2. The molecule has 3 saturated carbocycles. The molecule has 0 spiro atoms. The molecule has 8 heteroatoms. The van der Waals surface area contributed by atoms with E-state index in [9.17, 15) is 24.3 Å². The summed E-state index contributed by atoms with van der Waals surface area (Å²) in [6, 6.07) is 0. The Morgan fingerprint density at radius 1 is 1.22 bits per heavy atom. The van der Waals surface area contributed by atoms with Crippen LogP contribution in [0.3, 0.4) is 0 Å². The molecule has 0 amide bonds. The summed E-state index contributed by atoms with van der Waals surface area (Å²) in [5.41, 5.74) is -2.27. The van der Waals surface area contributed by atoms with Crippen molar-refractivity contribution < 1.29 is 33.8 Å². The molecule has 4 aliphatic rings. The second-order valence-electron chi connectivity index (χ2n) is 11.9. The van der Waals surface area contributed by atoms with Crippen molar-refractivity contribution in [2.24, 2.45) is 28.6 Å². The van der Waals surface area contributed by atoms with Crippen LogP contribution in [0.25, 0.3) is 0 Å². The van der Waals surface area contributed by atoms with Crippen LogP contribution in [-0.2, 0) is 28.7 Å². The Kier molecular flexibility index (Phi) is 7.30. The summed E-state index contributed by atoms with van der Waals surface area (Å²) < 4.78 is 11.3. The predicted molar refractivity (Wildman–Crippen MR) is 138 cm³/mol. The van der Waals surface area contributed by atoms with E-state index in [4.69, 9.17) is 21.1 Å². The number of esters is 2. The lowest BCUT2D eigenvalue weighted by atomic mass is 9.45. The van der Waals surface area contributed by atoms with Crippen LogP contribution >= 0.6 is 11.6 Å². The molecule has 0 aromatic carbocycles. The van der Waals surface area contributed by atoms with Crippen LogP contribution in [0, 0.1) is 28.6 Å². The number of ketones is 2.